The Morgan fingerprint density at radius 1 is 1.54 bits per heavy atom. The lowest BCUT2D eigenvalue weighted by molar-refractivity contribution is 0.179. The molecule has 0 aromatic carbocycles. The van der Waals surface area contributed by atoms with Crippen LogP contribution in [-0.4, -0.2) is 31.7 Å². The summed E-state index contributed by atoms with van der Waals surface area (Å²) in [5.41, 5.74) is 6.54. The van der Waals surface area contributed by atoms with Gasteiger partial charge in [-0.25, -0.2) is 0 Å². The molecule has 1 unspecified atom stereocenters. The smallest absolute Gasteiger partial charge is 0.179 e. The molecule has 2 aromatic rings. The van der Waals surface area contributed by atoms with Gasteiger partial charge in [-0.1, -0.05) is 6.07 Å². The summed E-state index contributed by atoms with van der Waals surface area (Å²) >= 11 is 0. The molecule has 6 nitrogen and oxygen atoms in total. The summed E-state index contributed by atoms with van der Waals surface area (Å²) in [6.45, 7) is 0.152. The molecule has 0 saturated heterocycles. The molecule has 3 N–H and O–H groups in total. The van der Waals surface area contributed by atoms with E-state index in [1.807, 2.05) is 0 Å². The lowest BCUT2D eigenvalue weighted by Gasteiger charge is -2.07. The largest absolute Gasteiger partial charge is 0.385 e. The zero-order chi connectivity index (χ0) is 9.26. The predicted molar refractivity (Wildman–Crippen MR) is 44.8 cm³/mol. The van der Waals surface area contributed by atoms with Crippen molar-refractivity contribution in [3.63, 3.8) is 0 Å². The number of pyridine rings is 1. The molecule has 0 fully saturated rings. The van der Waals surface area contributed by atoms with Gasteiger partial charge in [0.05, 0.1) is 5.69 Å². The Labute approximate surface area is 74.0 Å². The molecule has 0 bridgehead atoms. The lowest BCUT2D eigenvalue weighted by atomic mass is 10.2. The van der Waals surface area contributed by atoms with Crippen LogP contribution in [0.2, 0.25) is 0 Å². The molecule has 0 saturated carbocycles. The van der Waals surface area contributed by atoms with E-state index in [1.165, 1.54) is 4.52 Å². The van der Waals surface area contributed by atoms with Crippen molar-refractivity contribution >= 4 is 5.65 Å². The fraction of sp³-hybridized carbons (Fsp3) is 0.286. The topological polar surface area (TPSA) is 89.3 Å². The van der Waals surface area contributed by atoms with Gasteiger partial charge in [0.1, 0.15) is 6.10 Å². The third kappa shape index (κ3) is 1.25. The van der Waals surface area contributed by atoms with Gasteiger partial charge in [-0.05, 0) is 22.6 Å². The minimum absolute atomic E-state index is 0.152. The first-order valence-electron chi connectivity index (χ1n) is 3.88. The third-order valence-electron chi connectivity index (χ3n) is 1.82. The SMILES string of the molecule is NCC(O)c1cccc2nnnn12. The predicted octanol–water partition coefficient (Wildman–Crippen LogP) is -0.884. The summed E-state index contributed by atoms with van der Waals surface area (Å²) in [4.78, 5) is 0. The third-order valence-corrected chi connectivity index (χ3v) is 1.82. The minimum Gasteiger partial charge on any atom is -0.385 e. The van der Waals surface area contributed by atoms with Crippen LogP contribution in [0, 0.1) is 0 Å². The fourth-order valence-electron chi connectivity index (χ4n) is 1.16. The standard InChI is InChI=1S/C7H9N5O/c8-4-6(13)5-2-1-3-7-9-10-11-12(5)7/h1-3,6,13H,4,8H2. The fourth-order valence-corrected chi connectivity index (χ4v) is 1.16. The van der Waals surface area contributed by atoms with Crippen LogP contribution in [-0.2, 0) is 0 Å². The number of aliphatic hydroxyl groups excluding tert-OH is 1. The zero-order valence-corrected chi connectivity index (χ0v) is 6.83. The Kier molecular flexibility index (Phi) is 1.91. The molecule has 0 aliphatic carbocycles. The first-order chi connectivity index (χ1) is 6.33. The molecule has 68 valence electrons. The van der Waals surface area contributed by atoms with E-state index < -0.39 is 6.10 Å². The van der Waals surface area contributed by atoms with Crippen molar-refractivity contribution in [1.82, 2.24) is 20.0 Å². The average molecular weight is 179 g/mol. The molecular weight excluding hydrogens is 170 g/mol. The van der Waals surface area contributed by atoms with Crippen molar-refractivity contribution in [2.45, 2.75) is 6.10 Å². The monoisotopic (exact) mass is 179 g/mol. The van der Waals surface area contributed by atoms with Crippen LogP contribution in [0.3, 0.4) is 0 Å². The molecular formula is C7H9N5O. The van der Waals surface area contributed by atoms with Crippen LogP contribution in [0.25, 0.3) is 5.65 Å². The van der Waals surface area contributed by atoms with Crippen molar-refractivity contribution in [2.24, 2.45) is 5.73 Å². The van der Waals surface area contributed by atoms with Crippen LogP contribution in [0.1, 0.15) is 11.8 Å². The van der Waals surface area contributed by atoms with E-state index in [2.05, 4.69) is 15.5 Å². The molecule has 0 aliphatic heterocycles. The summed E-state index contributed by atoms with van der Waals surface area (Å²) in [5, 5.41) is 20.5. The number of hydrogen-bond donors (Lipinski definition) is 2. The summed E-state index contributed by atoms with van der Waals surface area (Å²) < 4.78 is 1.47. The highest BCUT2D eigenvalue weighted by Gasteiger charge is 2.10. The van der Waals surface area contributed by atoms with E-state index in [9.17, 15) is 5.11 Å². The average Bonchev–Trinajstić information content (AvgIpc) is 2.63. The second-order valence-electron chi connectivity index (χ2n) is 2.65. The van der Waals surface area contributed by atoms with Gasteiger partial charge in [0.25, 0.3) is 0 Å². The number of fused-ring (bicyclic) bond motifs is 1. The number of hydrogen-bond acceptors (Lipinski definition) is 5. The number of nitrogens with zero attached hydrogens (tertiary/aromatic N) is 4. The van der Waals surface area contributed by atoms with E-state index in [-0.39, 0.29) is 6.54 Å². The maximum absolute atomic E-state index is 9.50. The van der Waals surface area contributed by atoms with Gasteiger partial charge in [-0.2, -0.15) is 4.52 Å². The summed E-state index contributed by atoms with van der Waals surface area (Å²) in [6.07, 6.45) is -0.729. The van der Waals surface area contributed by atoms with Gasteiger partial charge in [0.2, 0.25) is 0 Å². The van der Waals surface area contributed by atoms with Crippen molar-refractivity contribution in [3.8, 4) is 0 Å². The molecule has 2 rings (SSSR count). The lowest BCUT2D eigenvalue weighted by Crippen LogP contribution is -2.15. The van der Waals surface area contributed by atoms with E-state index in [0.717, 1.165) is 0 Å². The van der Waals surface area contributed by atoms with E-state index in [4.69, 9.17) is 5.73 Å². The maximum Gasteiger partial charge on any atom is 0.179 e. The number of rotatable bonds is 2. The molecule has 2 aromatic heterocycles. The van der Waals surface area contributed by atoms with Gasteiger partial charge < -0.3 is 10.8 Å². The van der Waals surface area contributed by atoms with Crippen molar-refractivity contribution < 1.29 is 5.11 Å². The molecule has 0 amide bonds. The van der Waals surface area contributed by atoms with Gasteiger partial charge in [-0.15, -0.1) is 5.10 Å². The minimum atomic E-state index is -0.729. The molecule has 0 spiro atoms. The first kappa shape index (κ1) is 8.09. The Balaban J connectivity index is 2.60. The quantitative estimate of drug-likeness (QED) is 0.624. The van der Waals surface area contributed by atoms with Crippen LogP contribution in [0.15, 0.2) is 18.2 Å². The Hall–Kier alpha value is -1.53. The van der Waals surface area contributed by atoms with E-state index >= 15 is 0 Å². The maximum atomic E-state index is 9.50. The second kappa shape index (κ2) is 3.08. The van der Waals surface area contributed by atoms with Crippen molar-refractivity contribution in [1.29, 1.82) is 0 Å². The molecule has 0 radical (unpaired) electrons. The van der Waals surface area contributed by atoms with Gasteiger partial charge in [0, 0.05) is 6.54 Å². The molecule has 2 heterocycles. The summed E-state index contributed by atoms with van der Waals surface area (Å²) in [6, 6.07) is 5.27. The van der Waals surface area contributed by atoms with E-state index in [0.29, 0.717) is 11.3 Å². The highest BCUT2D eigenvalue weighted by molar-refractivity contribution is 5.36. The Bertz CT molecular complexity index is 412. The number of aromatic nitrogens is 4. The van der Waals surface area contributed by atoms with Crippen LogP contribution in [0.5, 0.6) is 0 Å². The summed E-state index contributed by atoms with van der Waals surface area (Å²) in [7, 11) is 0. The second-order valence-corrected chi connectivity index (χ2v) is 2.65. The molecule has 0 aliphatic rings. The molecule has 1 atom stereocenters. The van der Waals surface area contributed by atoms with Crippen molar-refractivity contribution in [3.05, 3.63) is 23.9 Å². The van der Waals surface area contributed by atoms with Crippen LogP contribution >= 0.6 is 0 Å². The number of nitrogens with two attached hydrogens (primary N) is 1. The number of tetrazole rings is 1. The molecule has 6 heteroatoms. The zero-order valence-electron chi connectivity index (χ0n) is 6.83. The van der Waals surface area contributed by atoms with Crippen LogP contribution < -0.4 is 5.73 Å². The van der Waals surface area contributed by atoms with E-state index in [1.54, 1.807) is 18.2 Å². The Morgan fingerprint density at radius 3 is 3.15 bits per heavy atom. The normalized spacial score (nSPS) is 13.4. The van der Waals surface area contributed by atoms with Gasteiger partial charge >= 0.3 is 0 Å². The Morgan fingerprint density at radius 2 is 2.38 bits per heavy atom. The summed E-state index contributed by atoms with van der Waals surface area (Å²) in [5.74, 6) is 0. The van der Waals surface area contributed by atoms with Crippen LogP contribution in [0.4, 0.5) is 0 Å². The first-order valence-corrected chi connectivity index (χ1v) is 3.88. The molecule has 13 heavy (non-hydrogen) atoms. The van der Waals surface area contributed by atoms with Gasteiger partial charge in [-0.3, -0.25) is 0 Å². The van der Waals surface area contributed by atoms with Crippen molar-refractivity contribution in [2.75, 3.05) is 6.54 Å². The van der Waals surface area contributed by atoms with Gasteiger partial charge in [0.15, 0.2) is 5.65 Å². The highest BCUT2D eigenvalue weighted by atomic mass is 16.3. The number of aliphatic hydroxyl groups is 1. The highest BCUT2D eigenvalue weighted by Crippen LogP contribution is 2.11.